The van der Waals surface area contributed by atoms with Crippen molar-refractivity contribution in [2.75, 3.05) is 27.3 Å². The Morgan fingerprint density at radius 3 is 2.37 bits per heavy atom. The van der Waals surface area contributed by atoms with Crippen molar-refractivity contribution in [1.29, 1.82) is 0 Å². The maximum Gasteiger partial charge on any atom is 0.331 e. The number of hydrogen-bond donors (Lipinski definition) is 1. The third kappa shape index (κ3) is 4.49. The fraction of sp³-hybridized carbons (Fsp3) is 0.318. The van der Waals surface area contributed by atoms with Gasteiger partial charge in [-0.25, -0.2) is 4.79 Å². The number of piperidine rings is 1. The van der Waals surface area contributed by atoms with Gasteiger partial charge in [0, 0.05) is 18.9 Å². The predicted molar refractivity (Wildman–Crippen MR) is 105 cm³/mol. The largest absolute Gasteiger partial charge is 0.493 e. The van der Waals surface area contributed by atoms with E-state index in [0.29, 0.717) is 11.5 Å². The Bertz CT molecular complexity index is 795. The summed E-state index contributed by atoms with van der Waals surface area (Å²) in [5.41, 5.74) is 1.30. The summed E-state index contributed by atoms with van der Waals surface area (Å²) < 4.78 is 16.5. The van der Waals surface area contributed by atoms with Crippen LogP contribution in [-0.2, 0) is 15.1 Å². The topological polar surface area (TPSA) is 56.8 Å². The molecule has 0 bridgehead atoms. The van der Waals surface area contributed by atoms with Gasteiger partial charge in [-0.1, -0.05) is 36.4 Å². The van der Waals surface area contributed by atoms with Gasteiger partial charge >= 0.3 is 5.97 Å². The molecule has 0 spiro atoms. The van der Waals surface area contributed by atoms with Crippen molar-refractivity contribution < 1.29 is 19.0 Å². The van der Waals surface area contributed by atoms with Crippen molar-refractivity contribution in [3.05, 3.63) is 65.7 Å². The first-order valence-corrected chi connectivity index (χ1v) is 9.06. The Morgan fingerprint density at radius 2 is 1.70 bits per heavy atom. The third-order valence-electron chi connectivity index (χ3n) is 4.83. The van der Waals surface area contributed by atoms with E-state index in [-0.39, 0.29) is 5.97 Å². The highest BCUT2D eigenvalue weighted by Gasteiger charge is 2.37. The molecule has 0 aromatic heterocycles. The van der Waals surface area contributed by atoms with Gasteiger partial charge < -0.3 is 19.5 Å². The highest BCUT2D eigenvalue weighted by Crippen LogP contribution is 2.35. The zero-order chi connectivity index (χ0) is 19.1. The Hall–Kier alpha value is -2.79. The summed E-state index contributed by atoms with van der Waals surface area (Å²) >= 11 is 0. The van der Waals surface area contributed by atoms with Gasteiger partial charge in [0.15, 0.2) is 11.5 Å². The van der Waals surface area contributed by atoms with Gasteiger partial charge in [0.1, 0.15) is 5.60 Å². The number of hydrogen-bond acceptors (Lipinski definition) is 5. The van der Waals surface area contributed by atoms with E-state index < -0.39 is 5.60 Å². The predicted octanol–water partition coefficient (Wildman–Crippen LogP) is 3.54. The molecule has 142 valence electrons. The van der Waals surface area contributed by atoms with E-state index in [1.165, 1.54) is 6.08 Å². The minimum absolute atomic E-state index is 0.351. The zero-order valence-electron chi connectivity index (χ0n) is 15.7. The normalized spacial score (nSPS) is 16.1. The quantitative estimate of drug-likeness (QED) is 0.625. The average Bonchev–Trinajstić information content (AvgIpc) is 2.73. The SMILES string of the molecule is COc1ccc(/C=C/C(=O)OC2(c3ccccc3)CCNCC2)cc1OC. The van der Waals surface area contributed by atoms with Crippen molar-refractivity contribution in [3.63, 3.8) is 0 Å². The number of carbonyl (C=O) groups is 1. The van der Waals surface area contributed by atoms with Crippen LogP contribution in [0.2, 0.25) is 0 Å². The molecular weight excluding hydrogens is 342 g/mol. The molecule has 3 rings (SSSR count). The van der Waals surface area contributed by atoms with Crippen LogP contribution in [0.3, 0.4) is 0 Å². The first kappa shape index (κ1) is 19.0. The van der Waals surface area contributed by atoms with Crippen LogP contribution < -0.4 is 14.8 Å². The summed E-state index contributed by atoms with van der Waals surface area (Å²) in [7, 11) is 3.17. The second kappa shape index (κ2) is 8.73. The number of esters is 1. The van der Waals surface area contributed by atoms with Gasteiger partial charge in [-0.15, -0.1) is 0 Å². The van der Waals surface area contributed by atoms with Crippen LogP contribution in [-0.4, -0.2) is 33.3 Å². The van der Waals surface area contributed by atoms with E-state index in [1.54, 1.807) is 20.3 Å². The van der Waals surface area contributed by atoms with Gasteiger partial charge in [-0.05, 0) is 42.4 Å². The highest BCUT2D eigenvalue weighted by molar-refractivity contribution is 5.87. The van der Waals surface area contributed by atoms with Gasteiger partial charge in [0.05, 0.1) is 14.2 Å². The molecule has 0 amide bonds. The van der Waals surface area contributed by atoms with Crippen LogP contribution in [0.5, 0.6) is 11.5 Å². The fourth-order valence-corrected chi connectivity index (χ4v) is 3.37. The molecule has 5 nitrogen and oxygen atoms in total. The van der Waals surface area contributed by atoms with E-state index in [4.69, 9.17) is 14.2 Å². The Labute approximate surface area is 159 Å². The molecule has 1 aliphatic heterocycles. The first-order valence-electron chi connectivity index (χ1n) is 9.06. The number of nitrogens with one attached hydrogen (secondary N) is 1. The van der Waals surface area contributed by atoms with Crippen molar-refractivity contribution in [1.82, 2.24) is 5.32 Å². The average molecular weight is 367 g/mol. The van der Waals surface area contributed by atoms with Crippen molar-refractivity contribution in [2.45, 2.75) is 18.4 Å². The molecule has 1 saturated heterocycles. The maximum absolute atomic E-state index is 12.6. The van der Waals surface area contributed by atoms with Crippen LogP contribution in [0.1, 0.15) is 24.0 Å². The summed E-state index contributed by atoms with van der Waals surface area (Å²) in [6.07, 6.45) is 4.71. The molecule has 27 heavy (non-hydrogen) atoms. The zero-order valence-corrected chi connectivity index (χ0v) is 15.7. The van der Waals surface area contributed by atoms with Crippen molar-refractivity contribution in [3.8, 4) is 11.5 Å². The van der Waals surface area contributed by atoms with Gasteiger partial charge in [0.2, 0.25) is 0 Å². The van der Waals surface area contributed by atoms with Crippen LogP contribution in [0, 0.1) is 0 Å². The van der Waals surface area contributed by atoms with Crippen molar-refractivity contribution >= 4 is 12.0 Å². The minimum Gasteiger partial charge on any atom is -0.493 e. The molecule has 0 aliphatic carbocycles. The minimum atomic E-state index is -0.578. The number of methoxy groups -OCH3 is 2. The van der Waals surface area contributed by atoms with E-state index in [1.807, 2.05) is 48.5 Å². The van der Waals surface area contributed by atoms with E-state index in [2.05, 4.69) is 5.32 Å². The molecule has 0 saturated carbocycles. The molecule has 1 aliphatic rings. The Kier molecular flexibility index (Phi) is 6.14. The molecule has 2 aromatic carbocycles. The lowest BCUT2D eigenvalue weighted by Gasteiger charge is -2.37. The number of carbonyl (C=O) groups excluding carboxylic acids is 1. The summed E-state index contributed by atoms with van der Waals surface area (Å²) in [4.78, 5) is 12.6. The Balaban J connectivity index is 1.76. The Morgan fingerprint density at radius 1 is 1.00 bits per heavy atom. The van der Waals surface area contributed by atoms with Crippen molar-refractivity contribution in [2.24, 2.45) is 0 Å². The molecule has 1 fully saturated rings. The molecule has 0 atom stereocenters. The van der Waals surface area contributed by atoms with Crippen LogP contribution >= 0.6 is 0 Å². The molecule has 5 heteroatoms. The monoisotopic (exact) mass is 367 g/mol. The fourth-order valence-electron chi connectivity index (χ4n) is 3.37. The lowest BCUT2D eigenvalue weighted by Crippen LogP contribution is -2.42. The van der Waals surface area contributed by atoms with E-state index in [9.17, 15) is 4.79 Å². The van der Waals surface area contributed by atoms with Crippen LogP contribution in [0.15, 0.2) is 54.6 Å². The summed E-state index contributed by atoms with van der Waals surface area (Å²) in [5, 5.41) is 3.33. The van der Waals surface area contributed by atoms with Crippen LogP contribution in [0.25, 0.3) is 6.08 Å². The third-order valence-corrected chi connectivity index (χ3v) is 4.83. The first-order chi connectivity index (χ1) is 13.2. The molecule has 1 heterocycles. The van der Waals surface area contributed by atoms with E-state index in [0.717, 1.165) is 37.1 Å². The van der Waals surface area contributed by atoms with Gasteiger partial charge in [-0.3, -0.25) is 0 Å². The summed E-state index contributed by atoms with van der Waals surface area (Å²) in [6, 6.07) is 15.5. The lowest BCUT2D eigenvalue weighted by atomic mass is 9.85. The number of benzene rings is 2. The highest BCUT2D eigenvalue weighted by atomic mass is 16.6. The van der Waals surface area contributed by atoms with Gasteiger partial charge in [0.25, 0.3) is 0 Å². The number of rotatable bonds is 6. The number of ether oxygens (including phenoxy) is 3. The second-order valence-corrected chi connectivity index (χ2v) is 6.48. The second-order valence-electron chi connectivity index (χ2n) is 6.48. The molecule has 2 aromatic rings. The molecule has 1 N–H and O–H groups in total. The maximum atomic E-state index is 12.6. The standard InChI is InChI=1S/C22H25NO4/c1-25-19-10-8-17(16-20(19)26-2)9-11-21(24)27-22(12-14-23-15-13-22)18-6-4-3-5-7-18/h3-11,16,23H,12-15H2,1-2H3/b11-9+. The molecular formula is C22H25NO4. The summed E-state index contributed by atoms with van der Waals surface area (Å²) in [5.74, 6) is 0.914. The summed E-state index contributed by atoms with van der Waals surface area (Å²) in [6.45, 7) is 1.64. The molecule has 0 radical (unpaired) electrons. The van der Waals surface area contributed by atoms with Gasteiger partial charge in [-0.2, -0.15) is 0 Å². The molecule has 0 unspecified atom stereocenters. The smallest absolute Gasteiger partial charge is 0.331 e. The lowest BCUT2D eigenvalue weighted by molar-refractivity contribution is -0.157. The van der Waals surface area contributed by atoms with Crippen LogP contribution in [0.4, 0.5) is 0 Å². The van der Waals surface area contributed by atoms with E-state index >= 15 is 0 Å².